The van der Waals surface area contributed by atoms with Gasteiger partial charge in [-0.25, -0.2) is 9.79 Å². The van der Waals surface area contributed by atoms with Crippen LogP contribution in [0.5, 0.6) is 0 Å². The summed E-state index contributed by atoms with van der Waals surface area (Å²) in [6, 6.07) is 4.68. The zero-order valence-corrected chi connectivity index (χ0v) is 12.3. The van der Waals surface area contributed by atoms with E-state index in [1.54, 1.807) is 6.07 Å². The van der Waals surface area contributed by atoms with Crippen LogP contribution in [-0.2, 0) is 4.74 Å². The van der Waals surface area contributed by atoms with Gasteiger partial charge in [0, 0.05) is 13.2 Å². The van der Waals surface area contributed by atoms with Crippen molar-refractivity contribution >= 4 is 34.8 Å². The number of alkyl halides is 1. The van der Waals surface area contributed by atoms with Crippen LogP contribution in [0.25, 0.3) is 0 Å². The standard InChI is InChI=1S/C14H18ClN3O3/c15-7-13(16)18-12-6-9(14(19)20)3-4-11(12)17-8-10-2-1-5-21-10/h3-4,6,10,17H,1-2,5,7-8H2,(H2,16,18)(H,19,20). The summed E-state index contributed by atoms with van der Waals surface area (Å²) in [4.78, 5) is 15.2. The summed E-state index contributed by atoms with van der Waals surface area (Å²) in [6.07, 6.45) is 2.25. The van der Waals surface area contributed by atoms with E-state index < -0.39 is 5.97 Å². The van der Waals surface area contributed by atoms with Gasteiger partial charge >= 0.3 is 5.97 Å². The molecule has 7 heteroatoms. The van der Waals surface area contributed by atoms with Crippen molar-refractivity contribution in [2.24, 2.45) is 10.7 Å². The number of ether oxygens (including phenoxy) is 1. The summed E-state index contributed by atoms with van der Waals surface area (Å²) < 4.78 is 5.54. The summed E-state index contributed by atoms with van der Waals surface area (Å²) in [7, 11) is 0. The van der Waals surface area contributed by atoms with Crippen LogP contribution in [0.15, 0.2) is 23.2 Å². The fraction of sp³-hybridized carbons (Fsp3) is 0.429. The highest BCUT2D eigenvalue weighted by molar-refractivity contribution is 6.28. The Hall–Kier alpha value is -1.79. The van der Waals surface area contributed by atoms with Gasteiger partial charge in [-0.1, -0.05) is 0 Å². The molecule has 0 amide bonds. The third-order valence-corrected chi connectivity index (χ3v) is 3.46. The predicted octanol–water partition coefficient (Wildman–Crippen LogP) is 2.20. The Morgan fingerprint density at radius 2 is 2.38 bits per heavy atom. The number of carbonyl (C=O) groups is 1. The SMILES string of the molecule is NC(CCl)=Nc1cc(C(=O)O)ccc1NCC1CCCO1. The molecule has 1 fully saturated rings. The Kier molecular flexibility index (Phi) is 5.41. The number of halogens is 1. The number of hydrogen-bond donors (Lipinski definition) is 3. The van der Waals surface area contributed by atoms with Crippen LogP contribution in [0.4, 0.5) is 11.4 Å². The number of nitrogens with two attached hydrogens (primary N) is 1. The highest BCUT2D eigenvalue weighted by atomic mass is 35.5. The molecular weight excluding hydrogens is 294 g/mol. The molecule has 4 N–H and O–H groups in total. The summed E-state index contributed by atoms with van der Waals surface area (Å²) >= 11 is 5.62. The number of hydrogen-bond acceptors (Lipinski definition) is 4. The van der Waals surface area contributed by atoms with Gasteiger partial charge in [0.05, 0.1) is 28.9 Å². The van der Waals surface area contributed by atoms with Crippen molar-refractivity contribution in [1.29, 1.82) is 0 Å². The second kappa shape index (κ2) is 7.28. The van der Waals surface area contributed by atoms with Gasteiger partial charge in [-0.3, -0.25) is 0 Å². The third kappa shape index (κ3) is 4.34. The van der Waals surface area contributed by atoms with Gasteiger partial charge in [-0.05, 0) is 31.0 Å². The molecule has 0 aromatic heterocycles. The van der Waals surface area contributed by atoms with Gasteiger partial charge in [0.1, 0.15) is 5.84 Å². The molecule has 1 aromatic carbocycles. The van der Waals surface area contributed by atoms with Crippen molar-refractivity contribution in [2.75, 3.05) is 24.3 Å². The Bertz CT molecular complexity index is 542. The predicted molar refractivity (Wildman–Crippen MR) is 82.9 cm³/mol. The van der Waals surface area contributed by atoms with Crippen LogP contribution >= 0.6 is 11.6 Å². The molecule has 1 aromatic rings. The van der Waals surface area contributed by atoms with Crippen molar-refractivity contribution < 1.29 is 14.6 Å². The molecule has 114 valence electrons. The molecule has 2 rings (SSSR count). The van der Waals surface area contributed by atoms with E-state index in [2.05, 4.69) is 10.3 Å². The molecule has 1 aliphatic heterocycles. The molecule has 0 spiro atoms. The van der Waals surface area contributed by atoms with Gasteiger partial charge in [-0.2, -0.15) is 0 Å². The van der Waals surface area contributed by atoms with Crippen LogP contribution in [0, 0.1) is 0 Å². The second-order valence-electron chi connectivity index (χ2n) is 4.79. The minimum Gasteiger partial charge on any atom is -0.478 e. The lowest BCUT2D eigenvalue weighted by molar-refractivity contribution is 0.0697. The van der Waals surface area contributed by atoms with E-state index in [0.717, 1.165) is 19.4 Å². The van der Waals surface area contributed by atoms with E-state index in [4.69, 9.17) is 27.2 Å². The van der Waals surface area contributed by atoms with Crippen LogP contribution < -0.4 is 11.1 Å². The minimum absolute atomic E-state index is 0.0858. The maximum Gasteiger partial charge on any atom is 0.335 e. The molecule has 6 nitrogen and oxygen atoms in total. The molecular formula is C14H18ClN3O3. The Labute approximate surface area is 128 Å². The monoisotopic (exact) mass is 311 g/mol. The van der Waals surface area contributed by atoms with E-state index >= 15 is 0 Å². The third-order valence-electron chi connectivity index (χ3n) is 3.19. The highest BCUT2D eigenvalue weighted by Crippen LogP contribution is 2.27. The van der Waals surface area contributed by atoms with Crippen LogP contribution in [0.3, 0.4) is 0 Å². The highest BCUT2D eigenvalue weighted by Gasteiger charge is 2.16. The molecule has 0 radical (unpaired) electrons. The van der Waals surface area contributed by atoms with Gasteiger partial charge < -0.3 is 20.9 Å². The molecule has 0 saturated carbocycles. The molecule has 1 atom stereocenters. The zero-order valence-electron chi connectivity index (χ0n) is 11.5. The lowest BCUT2D eigenvalue weighted by atomic mass is 10.1. The van der Waals surface area contributed by atoms with Crippen LogP contribution in [-0.4, -0.2) is 42.0 Å². The van der Waals surface area contributed by atoms with E-state index in [1.165, 1.54) is 12.1 Å². The first-order valence-corrected chi connectivity index (χ1v) is 7.25. The van der Waals surface area contributed by atoms with Gasteiger partial charge in [0.15, 0.2) is 0 Å². The van der Waals surface area contributed by atoms with Crippen LogP contribution in [0.2, 0.25) is 0 Å². The number of nitrogens with one attached hydrogen (secondary N) is 1. The molecule has 1 saturated heterocycles. The second-order valence-corrected chi connectivity index (χ2v) is 5.06. The first-order valence-electron chi connectivity index (χ1n) is 6.72. The zero-order chi connectivity index (χ0) is 15.2. The van der Waals surface area contributed by atoms with E-state index in [9.17, 15) is 4.79 Å². The van der Waals surface area contributed by atoms with Crippen molar-refractivity contribution in [3.63, 3.8) is 0 Å². The van der Waals surface area contributed by atoms with Gasteiger partial charge in [-0.15, -0.1) is 11.6 Å². The Morgan fingerprint density at radius 1 is 1.57 bits per heavy atom. The van der Waals surface area contributed by atoms with Crippen LogP contribution in [0.1, 0.15) is 23.2 Å². The average molecular weight is 312 g/mol. The smallest absolute Gasteiger partial charge is 0.335 e. The number of carboxylic acid groups (broad SMARTS) is 1. The molecule has 1 unspecified atom stereocenters. The number of amidine groups is 1. The maximum atomic E-state index is 11.0. The van der Waals surface area contributed by atoms with E-state index in [1.807, 2.05) is 0 Å². The molecule has 1 heterocycles. The number of rotatable bonds is 6. The molecule has 0 bridgehead atoms. The molecule has 1 aliphatic rings. The lowest BCUT2D eigenvalue weighted by Crippen LogP contribution is -2.19. The van der Waals surface area contributed by atoms with Crippen molar-refractivity contribution in [2.45, 2.75) is 18.9 Å². The summed E-state index contributed by atoms with van der Waals surface area (Å²) in [5.41, 5.74) is 6.96. The largest absolute Gasteiger partial charge is 0.478 e. The number of carboxylic acids is 1. The maximum absolute atomic E-state index is 11.0. The quantitative estimate of drug-likeness (QED) is 0.425. The minimum atomic E-state index is -1.01. The topological polar surface area (TPSA) is 96.9 Å². The van der Waals surface area contributed by atoms with Crippen molar-refractivity contribution in [3.8, 4) is 0 Å². The summed E-state index contributed by atoms with van der Waals surface area (Å²) in [5.74, 6) is -0.691. The summed E-state index contributed by atoms with van der Waals surface area (Å²) in [5, 5.41) is 12.3. The fourth-order valence-electron chi connectivity index (χ4n) is 2.12. The number of aromatic carboxylic acids is 1. The normalized spacial score (nSPS) is 18.7. The number of aliphatic imine (C=N–C) groups is 1. The first kappa shape index (κ1) is 15.6. The van der Waals surface area contributed by atoms with E-state index in [0.29, 0.717) is 17.9 Å². The fourth-order valence-corrected chi connectivity index (χ4v) is 2.18. The van der Waals surface area contributed by atoms with Crippen molar-refractivity contribution in [3.05, 3.63) is 23.8 Å². The van der Waals surface area contributed by atoms with Gasteiger partial charge in [0.25, 0.3) is 0 Å². The number of benzene rings is 1. The summed E-state index contributed by atoms with van der Waals surface area (Å²) in [6.45, 7) is 1.43. The Morgan fingerprint density at radius 3 is 3.00 bits per heavy atom. The first-order chi connectivity index (χ1) is 10.1. The lowest BCUT2D eigenvalue weighted by Gasteiger charge is -2.14. The molecule has 21 heavy (non-hydrogen) atoms. The Balaban J connectivity index is 2.19. The van der Waals surface area contributed by atoms with Gasteiger partial charge in [0.2, 0.25) is 0 Å². The van der Waals surface area contributed by atoms with Crippen molar-refractivity contribution in [1.82, 2.24) is 0 Å². The van der Waals surface area contributed by atoms with E-state index in [-0.39, 0.29) is 23.4 Å². The molecule has 0 aliphatic carbocycles. The number of nitrogens with zero attached hydrogens (tertiary/aromatic N) is 1. The number of anilines is 1. The average Bonchev–Trinajstić information content (AvgIpc) is 2.98.